The van der Waals surface area contributed by atoms with Gasteiger partial charge in [-0.3, -0.25) is 0 Å². The maximum atomic E-state index is 11.0. The van der Waals surface area contributed by atoms with Crippen molar-refractivity contribution in [2.75, 3.05) is 45.2 Å². The second-order valence-corrected chi connectivity index (χ2v) is 7.61. The van der Waals surface area contributed by atoms with E-state index in [0.717, 1.165) is 32.6 Å². The van der Waals surface area contributed by atoms with Crippen LogP contribution in [0.4, 0.5) is 0 Å². The molecule has 1 saturated heterocycles. The van der Waals surface area contributed by atoms with E-state index in [1.807, 2.05) is 7.05 Å². The summed E-state index contributed by atoms with van der Waals surface area (Å²) in [6.07, 6.45) is 3.27. The fourth-order valence-corrected chi connectivity index (χ4v) is 3.09. The summed E-state index contributed by atoms with van der Waals surface area (Å²) in [6.45, 7) is 6.42. The highest BCUT2D eigenvalue weighted by Crippen LogP contribution is 2.28. The van der Waals surface area contributed by atoms with Crippen LogP contribution in [0.25, 0.3) is 0 Å². The lowest BCUT2D eigenvalue weighted by atomic mass is 9.90. The molecule has 1 heterocycles. The summed E-state index contributed by atoms with van der Waals surface area (Å²) in [4.78, 5) is 2.38. The Morgan fingerprint density at radius 3 is 2.69 bits per heavy atom. The second kappa shape index (κ2) is 5.47. The third-order valence-corrected chi connectivity index (χ3v) is 4.26. The molecule has 0 aromatic carbocycles. The molecule has 5 heteroatoms. The van der Waals surface area contributed by atoms with Gasteiger partial charge in [-0.25, -0.2) is 8.42 Å². The number of sulfone groups is 1. The van der Waals surface area contributed by atoms with Crippen LogP contribution in [-0.2, 0) is 9.84 Å². The van der Waals surface area contributed by atoms with Crippen LogP contribution < -0.4 is 5.32 Å². The fraction of sp³-hybridized carbons (Fsp3) is 1.00. The number of hydrogen-bond donors (Lipinski definition) is 1. The van der Waals surface area contributed by atoms with Crippen LogP contribution in [0.1, 0.15) is 19.8 Å². The van der Waals surface area contributed by atoms with Crippen molar-refractivity contribution in [1.29, 1.82) is 0 Å². The zero-order chi connectivity index (χ0) is 12.2. The smallest absolute Gasteiger partial charge is 0.147 e. The van der Waals surface area contributed by atoms with Crippen molar-refractivity contribution in [3.63, 3.8) is 0 Å². The van der Waals surface area contributed by atoms with E-state index in [-0.39, 0.29) is 0 Å². The molecule has 0 aliphatic carbocycles. The number of nitrogens with zero attached hydrogens (tertiary/aromatic N) is 1. The summed E-state index contributed by atoms with van der Waals surface area (Å²) in [5.41, 5.74) is 0.361. The normalized spacial score (nSPS) is 27.4. The quantitative estimate of drug-likeness (QED) is 0.737. The van der Waals surface area contributed by atoms with Crippen molar-refractivity contribution < 1.29 is 8.42 Å². The highest BCUT2D eigenvalue weighted by Gasteiger charge is 2.32. The van der Waals surface area contributed by atoms with Gasteiger partial charge in [-0.2, -0.15) is 0 Å². The summed E-state index contributed by atoms with van der Waals surface area (Å²) in [6, 6.07) is 0. The highest BCUT2D eigenvalue weighted by molar-refractivity contribution is 7.90. The number of rotatable bonds is 6. The third kappa shape index (κ3) is 4.80. The van der Waals surface area contributed by atoms with Crippen LogP contribution in [0.15, 0.2) is 0 Å². The molecule has 0 bridgehead atoms. The molecule has 4 nitrogen and oxygen atoms in total. The average Bonchev–Trinajstić information content (AvgIpc) is 2.46. The molecule has 0 radical (unpaired) electrons. The molecule has 1 unspecified atom stereocenters. The average molecular weight is 248 g/mol. The molecule has 0 spiro atoms. The minimum atomic E-state index is -2.79. The number of nitrogens with one attached hydrogen (secondary N) is 1. The van der Waals surface area contributed by atoms with Gasteiger partial charge >= 0.3 is 0 Å². The molecule has 1 aliphatic rings. The standard InChI is InChI=1S/C11H24N2O2S/c1-11(9-12-2)5-7-13(10-11)6-4-8-16(3,14)15/h12H,4-10H2,1-3H3. The molecule has 0 aromatic heterocycles. The summed E-state index contributed by atoms with van der Waals surface area (Å²) >= 11 is 0. The van der Waals surface area contributed by atoms with Crippen LogP contribution in [0.3, 0.4) is 0 Å². The van der Waals surface area contributed by atoms with Crippen molar-refractivity contribution in [3.05, 3.63) is 0 Å². The molecule has 1 fully saturated rings. The van der Waals surface area contributed by atoms with E-state index in [4.69, 9.17) is 0 Å². The molecule has 0 aromatic rings. The highest BCUT2D eigenvalue weighted by atomic mass is 32.2. The van der Waals surface area contributed by atoms with Crippen molar-refractivity contribution in [2.24, 2.45) is 5.41 Å². The maximum Gasteiger partial charge on any atom is 0.147 e. The van der Waals surface area contributed by atoms with Gasteiger partial charge in [0.05, 0.1) is 5.75 Å². The topological polar surface area (TPSA) is 49.4 Å². The van der Waals surface area contributed by atoms with E-state index in [1.54, 1.807) is 0 Å². The lowest BCUT2D eigenvalue weighted by molar-refractivity contribution is 0.271. The number of likely N-dealkylation sites (tertiary alicyclic amines) is 1. The van der Waals surface area contributed by atoms with E-state index in [1.165, 1.54) is 12.7 Å². The molecular formula is C11H24N2O2S. The summed E-state index contributed by atoms with van der Waals surface area (Å²) in [5.74, 6) is 0.312. The molecule has 0 saturated carbocycles. The van der Waals surface area contributed by atoms with E-state index in [9.17, 15) is 8.42 Å². The largest absolute Gasteiger partial charge is 0.319 e. The first-order valence-electron chi connectivity index (χ1n) is 5.89. The molecule has 0 amide bonds. The van der Waals surface area contributed by atoms with Crippen molar-refractivity contribution >= 4 is 9.84 Å². The molecule has 16 heavy (non-hydrogen) atoms. The molecule has 1 N–H and O–H groups in total. The molecule has 96 valence electrons. The van der Waals surface area contributed by atoms with Gasteiger partial charge in [0, 0.05) is 19.3 Å². The van der Waals surface area contributed by atoms with E-state index in [0.29, 0.717) is 11.2 Å². The Balaban J connectivity index is 2.27. The van der Waals surface area contributed by atoms with Gasteiger partial charge in [0.25, 0.3) is 0 Å². The molecular weight excluding hydrogens is 224 g/mol. The summed E-state index contributed by atoms with van der Waals surface area (Å²) < 4.78 is 22.0. The van der Waals surface area contributed by atoms with Crippen molar-refractivity contribution in [3.8, 4) is 0 Å². The van der Waals surface area contributed by atoms with Crippen LogP contribution in [0.2, 0.25) is 0 Å². The van der Waals surface area contributed by atoms with E-state index < -0.39 is 9.84 Å². The van der Waals surface area contributed by atoms with Crippen LogP contribution in [0.5, 0.6) is 0 Å². The summed E-state index contributed by atoms with van der Waals surface area (Å²) in [7, 11) is -0.810. The van der Waals surface area contributed by atoms with Crippen molar-refractivity contribution in [2.45, 2.75) is 19.8 Å². The SMILES string of the molecule is CNCC1(C)CCN(CCCS(C)(=O)=O)C1. The van der Waals surface area contributed by atoms with Crippen LogP contribution in [0, 0.1) is 5.41 Å². The zero-order valence-corrected chi connectivity index (χ0v) is 11.4. The Morgan fingerprint density at radius 2 is 2.12 bits per heavy atom. The first-order chi connectivity index (χ1) is 7.35. The third-order valence-electron chi connectivity index (χ3n) is 3.23. The van der Waals surface area contributed by atoms with Gasteiger partial charge in [-0.05, 0) is 38.4 Å². The maximum absolute atomic E-state index is 11.0. The molecule has 1 aliphatic heterocycles. The zero-order valence-electron chi connectivity index (χ0n) is 10.6. The van der Waals surface area contributed by atoms with Gasteiger partial charge in [0.15, 0.2) is 0 Å². The Morgan fingerprint density at radius 1 is 1.44 bits per heavy atom. The van der Waals surface area contributed by atoms with Crippen LogP contribution in [-0.4, -0.2) is 58.6 Å². The Kier molecular flexibility index (Phi) is 4.76. The predicted molar refractivity (Wildman–Crippen MR) is 67.4 cm³/mol. The van der Waals surface area contributed by atoms with Gasteiger partial charge in [-0.15, -0.1) is 0 Å². The first-order valence-corrected chi connectivity index (χ1v) is 7.95. The minimum Gasteiger partial charge on any atom is -0.319 e. The summed E-state index contributed by atoms with van der Waals surface area (Å²) in [5, 5.41) is 3.23. The lowest BCUT2D eigenvalue weighted by Gasteiger charge is -2.24. The Hall–Kier alpha value is -0.130. The fourth-order valence-electron chi connectivity index (χ4n) is 2.44. The van der Waals surface area contributed by atoms with Gasteiger partial charge < -0.3 is 10.2 Å². The monoisotopic (exact) mass is 248 g/mol. The predicted octanol–water partition coefficient (Wildman–Crippen LogP) is 0.353. The van der Waals surface area contributed by atoms with Gasteiger partial charge in [-0.1, -0.05) is 6.92 Å². The lowest BCUT2D eigenvalue weighted by Crippen LogP contribution is -2.33. The second-order valence-electron chi connectivity index (χ2n) is 5.35. The van der Waals surface area contributed by atoms with E-state index >= 15 is 0 Å². The van der Waals surface area contributed by atoms with E-state index in [2.05, 4.69) is 17.1 Å². The first kappa shape index (κ1) is 13.9. The van der Waals surface area contributed by atoms with Gasteiger partial charge in [0.2, 0.25) is 0 Å². The van der Waals surface area contributed by atoms with Crippen molar-refractivity contribution in [1.82, 2.24) is 10.2 Å². The van der Waals surface area contributed by atoms with Crippen LogP contribution >= 0.6 is 0 Å². The molecule has 1 atom stereocenters. The molecule has 1 rings (SSSR count). The Labute approximate surface area is 99.3 Å². The Bertz CT molecular complexity index is 316. The minimum absolute atomic E-state index is 0.312. The van der Waals surface area contributed by atoms with Gasteiger partial charge in [0.1, 0.15) is 9.84 Å². The number of hydrogen-bond acceptors (Lipinski definition) is 4.